The predicted octanol–water partition coefficient (Wildman–Crippen LogP) is 2.54. The minimum Gasteiger partial charge on any atom is -0.311 e. The molecule has 2 aromatic rings. The van der Waals surface area contributed by atoms with Crippen LogP contribution >= 0.6 is 0 Å². The Hall–Kier alpha value is -2.47. The van der Waals surface area contributed by atoms with Gasteiger partial charge in [-0.25, -0.2) is 4.98 Å². The lowest BCUT2D eigenvalue weighted by Crippen LogP contribution is -2.34. The van der Waals surface area contributed by atoms with Crippen LogP contribution in [-0.2, 0) is 0 Å². The van der Waals surface area contributed by atoms with E-state index in [0.717, 1.165) is 11.3 Å². The molecule has 0 spiro atoms. The minimum atomic E-state index is -0.425. The van der Waals surface area contributed by atoms with Crippen molar-refractivity contribution in [2.45, 2.75) is 33.7 Å². The van der Waals surface area contributed by atoms with Crippen molar-refractivity contribution in [1.82, 2.24) is 14.5 Å². The molecule has 2 heterocycles. The van der Waals surface area contributed by atoms with Crippen LogP contribution in [-0.4, -0.2) is 41.0 Å². The SMILES string of the molecule is Cc1cc(C)nc(NC(=O)c2c(C)ccn(C(C)CN(C)C)c2=O)c1. The molecule has 1 amide bonds. The number of pyridine rings is 2. The third-order valence-corrected chi connectivity index (χ3v) is 4.00. The molecule has 6 heteroatoms. The summed E-state index contributed by atoms with van der Waals surface area (Å²) in [4.78, 5) is 31.9. The fourth-order valence-corrected chi connectivity index (χ4v) is 2.96. The van der Waals surface area contributed by atoms with Gasteiger partial charge in [0.15, 0.2) is 0 Å². The van der Waals surface area contributed by atoms with Gasteiger partial charge in [0.05, 0.1) is 0 Å². The van der Waals surface area contributed by atoms with E-state index in [-0.39, 0.29) is 17.2 Å². The summed E-state index contributed by atoms with van der Waals surface area (Å²) in [6, 6.07) is 5.49. The van der Waals surface area contributed by atoms with Crippen molar-refractivity contribution in [3.8, 4) is 0 Å². The number of carbonyl (C=O) groups excluding carboxylic acids is 1. The molecule has 0 saturated heterocycles. The van der Waals surface area contributed by atoms with E-state index in [2.05, 4.69) is 10.3 Å². The molecule has 2 rings (SSSR count). The fraction of sp³-hybridized carbons (Fsp3) is 0.421. The number of aryl methyl sites for hydroxylation is 3. The van der Waals surface area contributed by atoms with Crippen LogP contribution in [0.5, 0.6) is 0 Å². The van der Waals surface area contributed by atoms with E-state index in [0.29, 0.717) is 17.9 Å². The van der Waals surface area contributed by atoms with E-state index < -0.39 is 5.91 Å². The number of nitrogens with one attached hydrogen (secondary N) is 1. The maximum absolute atomic E-state index is 12.8. The van der Waals surface area contributed by atoms with Gasteiger partial charge in [-0.15, -0.1) is 0 Å². The van der Waals surface area contributed by atoms with Gasteiger partial charge in [0.2, 0.25) is 0 Å². The number of hydrogen-bond donors (Lipinski definition) is 1. The summed E-state index contributed by atoms with van der Waals surface area (Å²) in [6.45, 7) is 8.25. The molecule has 0 saturated carbocycles. The highest BCUT2D eigenvalue weighted by Crippen LogP contribution is 2.12. The molecule has 0 bridgehead atoms. The van der Waals surface area contributed by atoms with E-state index in [4.69, 9.17) is 0 Å². The summed E-state index contributed by atoms with van der Waals surface area (Å²) in [5.74, 6) is 0.0319. The van der Waals surface area contributed by atoms with Crippen LogP contribution in [0.25, 0.3) is 0 Å². The first-order chi connectivity index (χ1) is 11.7. The molecule has 2 aromatic heterocycles. The monoisotopic (exact) mass is 342 g/mol. The van der Waals surface area contributed by atoms with Gasteiger partial charge < -0.3 is 14.8 Å². The Labute approximate surface area is 148 Å². The zero-order chi connectivity index (χ0) is 18.7. The quantitative estimate of drug-likeness (QED) is 0.907. The van der Waals surface area contributed by atoms with Crippen molar-refractivity contribution >= 4 is 11.7 Å². The minimum absolute atomic E-state index is 0.0333. The third-order valence-electron chi connectivity index (χ3n) is 4.00. The smallest absolute Gasteiger partial charge is 0.263 e. The van der Waals surface area contributed by atoms with Crippen LogP contribution in [0.2, 0.25) is 0 Å². The molecule has 0 aromatic carbocycles. The summed E-state index contributed by atoms with van der Waals surface area (Å²) < 4.78 is 1.61. The Balaban J connectivity index is 2.37. The van der Waals surface area contributed by atoms with Crippen molar-refractivity contribution in [1.29, 1.82) is 0 Å². The number of likely N-dealkylation sites (N-methyl/N-ethyl adjacent to an activating group) is 1. The zero-order valence-corrected chi connectivity index (χ0v) is 15.8. The molecule has 0 fully saturated rings. The van der Waals surface area contributed by atoms with Crippen LogP contribution in [0.1, 0.15) is 40.1 Å². The van der Waals surface area contributed by atoms with Crippen molar-refractivity contribution < 1.29 is 4.79 Å². The molecule has 1 unspecified atom stereocenters. The average molecular weight is 342 g/mol. The number of carbonyl (C=O) groups is 1. The van der Waals surface area contributed by atoms with Gasteiger partial charge in [-0.2, -0.15) is 0 Å². The topological polar surface area (TPSA) is 67.2 Å². The summed E-state index contributed by atoms with van der Waals surface area (Å²) in [6.07, 6.45) is 1.75. The highest BCUT2D eigenvalue weighted by atomic mass is 16.2. The third kappa shape index (κ3) is 4.54. The summed E-state index contributed by atoms with van der Waals surface area (Å²) >= 11 is 0. The summed E-state index contributed by atoms with van der Waals surface area (Å²) in [5.41, 5.74) is 2.35. The Morgan fingerprint density at radius 3 is 2.56 bits per heavy atom. The normalized spacial score (nSPS) is 12.3. The van der Waals surface area contributed by atoms with E-state index in [1.807, 2.05) is 45.8 Å². The lowest BCUT2D eigenvalue weighted by molar-refractivity contribution is 0.102. The fourth-order valence-electron chi connectivity index (χ4n) is 2.96. The van der Waals surface area contributed by atoms with Crippen molar-refractivity contribution in [3.05, 3.63) is 57.1 Å². The first-order valence-electron chi connectivity index (χ1n) is 8.32. The Kier molecular flexibility index (Phi) is 5.74. The lowest BCUT2D eigenvalue weighted by Gasteiger charge is -2.20. The molecule has 1 N–H and O–H groups in total. The van der Waals surface area contributed by atoms with Crippen LogP contribution in [0.3, 0.4) is 0 Å². The second-order valence-electron chi connectivity index (χ2n) is 6.82. The maximum atomic E-state index is 12.8. The predicted molar refractivity (Wildman–Crippen MR) is 100 cm³/mol. The van der Waals surface area contributed by atoms with Gasteiger partial charge in [-0.3, -0.25) is 9.59 Å². The molecule has 0 radical (unpaired) electrons. The van der Waals surface area contributed by atoms with E-state index in [1.165, 1.54) is 0 Å². The van der Waals surface area contributed by atoms with Gasteiger partial charge in [0.1, 0.15) is 11.4 Å². The van der Waals surface area contributed by atoms with Crippen LogP contribution in [0, 0.1) is 20.8 Å². The lowest BCUT2D eigenvalue weighted by atomic mass is 10.1. The summed E-state index contributed by atoms with van der Waals surface area (Å²) in [7, 11) is 3.91. The number of amides is 1. The number of aromatic nitrogens is 2. The second-order valence-corrected chi connectivity index (χ2v) is 6.82. The Morgan fingerprint density at radius 2 is 1.96 bits per heavy atom. The van der Waals surface area contributed by atoms with Crippen LogP contribution < -0.4 is 10.9 Å². The molecule has 25 heavy (non-hydrogen) atoms. The average Bonchev–Trinajstić information content (AvgIpc) is 2.45. The largest absolute Gasteiger partial charge is 0.311 e. The Morgan fingerprint density at radius 1 is 1.28 bits per heavy atom. The van der Waals surface area contributed by atoms with Crippen LogP contribution in [0.15, 0.2) is 29.2 Å². The van der Waals surface area contributed by atoms with Gasteiger partial charge in [-0.1, -0.05) is 0 Å². The number of hydrogen-bond acceptors (Lipinski definition) is 4. The molecular weight excluding hydrogens is 316 g/mol. The van der Waals surface area contributed by atoms with Gasteiger partial charge in [0.25, 0.3) is 11.5 Å². The van der Waals surface area contributed by atoms with Gasteiger partial charge in [-0.05, 0) is 71.1 Å². The first-order valence-corrected chi connectivity index (χ1v) is 8.32. The molecule has 0 aliphatic rings. The highest BCUT2D eigenvalue weighted by Gasteiger charge is 2.19. The van der Waals surface area contributed by atoms with Gasteiger partial charge in [0, 0.05) is 24.5 Å². The zero-order valence-electron chi connectivity index (χ0n) is 15.8. The van der Waals surface area contributed by atoms with Gasteiger partial charge >= 0.3 is 0 Å². The van der Waals surface area contributed by atoms with E-state index in [9.17, 15) is 9.59 Å². The molecule has 6 nitrogen and oxygen atoms in total. The number of rotatable bonds is 5. The maximum Gasteiger partial charge on any atom is 0.263 e. The first kappa shape index (κ1) is 18.9. The van der Waals surface area contributed by atoms with E-state index in [1.54, 1.807) is 29.8 Å². The molecule has 1 atom stereocenters. The van der Waals surface area contributed by atoms with Crippen LogP contribution in [0.4, 0.5) is 5.82 Å². The Bertz CT molecular complexity index is 820. The van der Waals surface area contributed by atoms with Crippen molar-refractivity contribution in [2.75, 3.05) is 26.0 Å². The second kappa shape index (κ2) is 7.61. The van der Waals surface area contributed by atoms with Crippen molar-refractivity contribution in [2.24, 2.45) is 0 Å². The highest BCUT2D eigenvalue weighted by molar-refractivity contribution is 6.04. The molecule has 0 aliphatic heterocycles. The molecule has 134 valence electrons. The van der Waals surface area contributed by atoms with Crippen molar-refractivity contribution in [3.63, 3.8) is 0 Å². The molecular formula is C19H26N4O2. The molecule has 0 aliphatic carbocycles. The number of nitrogens with zero attached hydrogens (tertiary/aromatic N) is 3. The number of anilines is 1. The summed E-state index contributed by atoms with van der Waals surface area (Å²) in [5, 5.41) is 2.75. The standard InChI is InChI=1S/C19H26N4O2/c1-12-9-14(3)20-16(10-12)21-18(24)17-13(2)7-8-23(19(17)25)15(4)11-22(5)6/h7-10,15H,11H2,1-6H3,(H,20,21,24). The van der Waals surface area contributed by atoms with E-state index >= 15 is 0 Å².